The zero-order valence-corrected chi connectivity index (χ0v) is 15.7. The number of carbonyl (C=O) groups is 1. The van der Waals surface area contributed by atoms with Crippen molar-refractivity contribution < 1.29 is 14.3 Å². The van der Waals surface area contributed by atoms with Gasteiger partial charge in [0, 0.05) is 4.47 Å². The predicted molar refractivity (Wildman–Crippen MR) is 95.6 cm³/mol. The summed E-state index contributed by atoms with van der Waals surface area (Å²) in [6, 6.07) is 5.99. The summed E-state index contributed by atoms with van der Waals surface area (Å²) in [4.78, 5) is 12.3. The lowest BCUT2D eigenvalue weighted by Gasteiger charge is -2.40. The third-order valence-electron chi connectivity index (χ3n) is 5.06. The minimum Gasteiger partial charge on any atom is -0.497 e. The number of ether oxygens (including phenoxy) is 2. The van der Waals surface area contributed by atoms with Crippen LogP contribution in [0.15, 0.2) is 34.8 Å². The number of allylic oxidation sites excluding steroid dienone is 1. The van der Waals surface area contributed by atoms with Gasteiger partial charge in [0.25, 0.3) is 0 Å². The lowest BCUT2D eigenvalue weighted by atomic mass is 9.64. The molecule has 0 aromatic heterocycles. The lowest BCUT2D eigenvalue weighted by Crippen LogP contribution is -2.40. The van der Waals surface area contributed by atoms with Gasteiger partial charge in [0.2, 0.25) is 0 Å². The first-order valence-electron chi connectivity index (χ1n) is 8.01. The predicted octanol–water partition coefficient (Wildman–Crippen LogP) is 4.93. The average Bonchev–Trinajstić information content (AvgIpc) is 2.55. The van der Waals surface area contributed by atoms with Gasteiger partial charge in [0.05, 0.1) is 19.6 Å². The van der Waals surface area contributed by atoms with Crippen LogP contribution in [0.25, 0.3) is 0 Å². The molecule has 1 fully saturated rings. The van der Waals surface area contributed by atoms with Crippen LogP contribution >= 0.6 is 15.9 Å². The van der Waals surface area contributed by atoms with E-state index in [1.165, 1.54) is 18.2 Å². The van der Waals surface area contributed by atoms with Crippen molar-refractivity contribution in [2.45, 2.75) is 39.0 Å². The van der Waals surface area contributed by atoms with Gasteiger partial charge >= 0.3 is 5.97 Å². The summed E-state index contributed by atoms with van der Waals surface area (Å²) in [5.74, 6) is 0.885. The molecule has 1 aliphatic carbocycles. The minimum atomic E-state index is -0.463. The molecule has 0 heterocycles. The van der Waals surface area contributed by atoms with Crippen LogP contribution in [0.4, 0.5) is 0 Å². The molecule has 1 aliphatic rings. The number of halogens is 1. The van der Waals surface area contributed by atoms with E-state index in [1.807, 2.05) is 25.1 Å². The summed E-state index contributed by atoms with van der Waals surface area (Å²) < 4.78 is 11.5. The number of hydrogen-bond donors (Lipinski definition) is 0. The molecule has 0 radical (unpaired) electrons. The Bertz CT molecular complexity index is 596. The molecule has 1 aromatic carbocycles. The molecular weight excluding hydrogens is 356 g/mol. The maximum atomic E-state index is 12.3. The van der Waals surface area contributed by atoms with Gasteiger partial charge in [-0.2, -0.15) is 0 Å². The minimum absolute atomic E-state index is 0.118. The molecule has 3 nitrogen and oxygen atoms in total. The van der Waals surface area contributed by atoms with E-state index < -0.39 is 5.41 Å². The molecule has 126 valence electrons. The van der Waals surface area contributed by atoms with Gasteiger partial charge in [0.15, 0.2) is 0 Å². The Labute approximate surface area is 147 Å². The van der Waals surface area contributed by atoms with Crippen molar-refractivity contribution in [3.05, 3.63) is 40.4 Å². The number of benzene rings is 1. The second-order valence-electron chi connectivity index (χ2n) is 6.47. The normalized spacial score (nSPS) is 24.3. The van der Waals surface area contributed by atoms with E-state index in [1.54, 1.807) is 7.11 Å². The van der Waals surface area contributed by atoms with Gasteiger partial charge in [-0.25, -0.2) is 0 Å². The topological polar surface area (TPSA) is 35.5 Å². The highest BCUT2D eigenvalue weighted by molar-refractivity contribution is 9.10. The van der Waals surface area contributed by atoms with E-state index in [-0.39, 0.29) is 11.9 Å². The first-order valence-corrected chi connectivity index (χ1v) is 8.80. The molecule has 0 N–H and O–H groups in total. The van der Waals surface area contributed by atoms with Gasteiger partial charge in [-0.3, -0.25) is 4.79 Å². The molecule has 0 bridgehead atoms. The monoisotopic (exact) mass is 380 g/mol. The molecular formula is C19H25BrO3. The standard InChI is InChI=1S/C19H25BrO3/c1-13-6-5-11-19(2,18(21)23-4)16(13)9-7-14-12-15(22-3)8-10-17(14)20/h8,10,12,16H,1,5-7,9,11H2,2-4H3/t16-,19-/m1/s1. The molecule has 1 saturated carbocycles. The quantitative estimate of drug-likeness (QED) is 0.536. The van der Waals surface area contributed by atoms with Gasteiger partial charge in [0.1, 0.15) is 5.75 Å². The highest BCUT2D eigenvalue weighted by atomic mass is 79.9. The van der Waals surface area contributed by atoms with Crippen molar-refractivity contribution in [2.75, 3.05) is 14.2 Å². The van der Waals surface area contributed by atoms with Crippen LogP contribution < -0.4 is 4.74 Å². The third-order valence-corrected chi connectivity index (χ3v) is 5.84. The van der Waals surface area contributed by atoms with Crippen LogP contribution in [0.5, 0.6) is 5.75 Å². The molecule has 0 aliphatic heterocycles. The molecule has 2 atom stereocenters. The van der Waals surface area contributed by atoms with Crippen molar-refractivity contribution in [1.82, 2.24) is 0 Å². The molecule has 4 heteroatoms. The number of hydrogen-bond acceptors (Lipinski definition) is 3. The second kappa shape index (κ2) is 7.52. The number of methoxy groups -OCH3 is 2. The molecule has 23 heavy (non-hydrogen) atoms. The van der Waals surface area contributed by atoms with Crippen LogP contribution in [0.2, 0.25) is 0 Å². The van der Waals surface area contributed by atoms with Crippen molar-refractivity contribution in [1.29, 1.82) is 0 Å². The highest BCUT2D eigenvalue weighted by Crippen LogP contribution is 2.46. The Kier molecular flexibility index (Phi) is 5.90. The second-order valence-corrected chi connectivity index (χ2v) is 7.32. The fourth-order valence-electron chi connectivity index (χ4n) is 3.65. The van der Waals surface area contributed by atoms with Crippen LogP contribution in [-0.2, 0) is 16.0 Å². The summed E-state index contributed by atoms with van der Waals surface area (Å²) in [5.41, 5.74) is 1.90. The van der Waals surface area contributed by atoms with E-state index in [4.69, 9.17) is 9.47 Å². The lowest BCUT2D eigenvalue weighted by molar-refractivity contribution is -0.156. The van der Waals surface area contributed by atoms with E-state index in [0.29, 0.717) is 0 Å². The first-order chi connectivity index (χ1) is 10.9. The Morgan fingerprint density at radius 3 is 2.83 bits per heavy atom. The Morgan fingerprint density at radius 2 is 2.17 bits per heavy atom. The summed E-state index contributed by atoms with van der Waals surface area (Å²) in [7, 11) is 3.14. The van der Waals surface area contributed by atoms with Crippen LogP contribution in [0.3, 0.4) is 0 Å². The molecule has 2 rings (SSSR count). The van der Waals surface area contributed by atoms with E-state index in [2.05, 4.69) is 22.5 Å². The van der Waals surface area contributed by atoms with E-state index in [0.717, 1.165) is 42.3 Å². The van der Waals surface area contributed by atoms with E-state index >= 15 is 0 Å². The zero-order valence-electron chi connectivity index (χ0n) is 14.2. The smallest absolute Gasteiger partial charge is 0.312 e. The first kappa shape index (κ1) is 18.1. The zero-order chi connectivity index (χ0) is 17.0. The Balaban J connectivity index is 2.19. The largest absolute Gasteiger partial charge is 0.497 e. The van der Waals surface area contributed by atoms with Gasteiger partial charge < -0.3 is 9.47 Å². The maximum Gasteiger partial charge on any atom is 0.312 e. The summed E-state index contributed by atoms with van der Waals surface area (Å²) in [5, 5.41) is 0. The molecule has 0 spiro atoms. The molecule has 0 unspecified atom stereocenters. The van der Waals surface area contributed by atoms with E-state index in [9.17, 15) is 4.79 Å². The summed E-state index contributed by atoms with van der Waals surface area (Å²) in [6.07, 6.45) is 4.62. The van der Waals surface area contributed by atoms with Gasteiger partial charge in [-0.05, 0) is 68.7 Å². The molecule has 0 amide bonds. The van der Waals surface area contributed by atoms with Crippen molar-refractivity contribution >= 4 is 21.9 Å². The fraction of sp³-hybridized carbons (Fsp3) is 0.526. The molecule has 1 aromatic rings. The Morgan fingerprint density at radius 1 is 1.43 bits per heavy atom. The fourth-order valence-corrected chi connectivity index (χ4v) is 4.10. The van der Waals surface area contributed by atoms with Crippen molar-refractivity contribution in [2.24, 2.45) is 11.3 Å². The Hall–Kier alpha value is -1.29. The average molecular weight is 381 g/mol. The van der Waals surface area contributed by atoms with Crippen molar-refractivity contribution in [3.63, 3.8) is 0 Å². The van der Waals surface area contributed by atoms with Crippen LogP contribution in [0, 0.1) is 11.3 Å². The number of carbonyl (C=O) groups excluding carboxylic acids is 1. The van der Waals surface area contributed by atoms with Crippen molar-refractivity contribution in [3.8, 4) is 5.75 Å². The number of aryl methyl sites for hydroxylation is 1. The number of rotatable bonds is 5. The summed E-state index contributed by atoms with van der Waals surface area (Å²) >= 11 is 3.60. The van der Waals surface area contributed by atoms with Gasteiger partial charge in [-0.1, -0.05) is 28.1 Å². The highest BCUT2D eigenvalue weighted by Gasteiger charge is 2.45. The summed E-state index contributed by atoms with van der Waals surface area (Å²) in [6.45, 7) is 6.25. The van der Waals surface area contributed by atoms with Crippen LogP contribution in [0.1, 0.15) is 38.2 Å². The maximum absolute atomic E-state index is 12.3. The van der Waals surface area contributed by atoms with Gasteiger partial charge in [-0.15, -0.1) is 0 Å². The molecule has 0 saturated heterocycles. The number of esters is 1. The third kappa shape index (κ3) is 3.79. The SMILES string of the molecule is C=C1CCC[C@@](C)(C(=O)OC)[C@@H]1CCc1cc(OC)ccc1Br. The van der Waals surface area contributed by atoms with Crippen LogP contribution in [-0.4, -0.2) is 20.2 Å².